The Labute approximate surface area is 77.2 Å². The molecule has 1 aliphatic rings. The summed E-state index contributed by atoms with van der Waals surface area (Å²) in [6.45, 7) is 0. The Kier molecular flexibility index (Phi) is 3.06. The lowest BCUT2D eigenvalue weighted by molar-refractivity contribution is -0.129. The number of hydrogen-bond acceptors (Lipinski definition) is 3. The molecular weight excluding hydrogens is 168 g/mol. The number of hydrogen-bond donors (Lipinski definition) is 3. The van der Waals surface area contributed by atoms with Crippen molar-refractivity contribution in [1.82, 2.24) is 5.32 Å². The van der Waals surface area contributed by atoms with Crippen LogP contribution in [-0.2, 0) is 4.79 Å². The van der Waals surface area contributed by atoms with Gasteiger partial charge in [0.25, 0.3) is 0 Å². The fourth-order valence-electron chi connectivity index (χ4n) is 1.59. The van der Waals surface area contributed by atoms with E-state index in [4.69, 9.17) is 10.5 Å². The standard InChI is InChI=1S/C9H14N2O2/c1-11-7-5-3-2-4-6(7)8(10)9(12)13/h10-11H,2-5H2,1H3,(H,12,13). The van der Waals surface area contributed by atoms with Gasteiger partial charge in [0.2, 0.25) is 0 Å². The summed E-state index contributed by atoms with van der Waals surface area (Å²) in [6.07, 6.45) is 3.63. The molecule has 0 fully saturated rings. The Morgan fingerprint density at radius 2 is 2.08 bits per heavy atom. The molecule has 0 aromatic heterocycles. The average Bonchev–Trinajstić information content (AvgIpc) is 2.16. The van der Waals surface area contributed by atoms with Crippen LogP contribution in [0, 0.1) is 5.41 Å². The van der Waals surface area contributed by atoms with E-state index < -0.39 is 5.97 Å². The SMILES string of the molecule is CNC1=C(C(=N)C(=O)O)CCCC1. The highest BCUT2D eigenvalue weighted by Gasteiger charge is 2.19. The lowest BCUT2D eigenvalue weighted by Crippen LogP contribution is -2.22. The topological polar surface area (TPSA) is 73.2 Å². The average molecular weight is 182 g/mol. The van der Waals surface area contributed by atoms with Crippen molar-refractivity contribution in [1.29, 1.82) is 5.41 Å². The zero-order chi connectivity index (χ0) is 9.84. The molecule has 0 heterocycles. The van der Waals surface area contributed by atoms with Gasteiger partial charge in [-0.3, -0.25) is 5.41 Å². The minimum atomic E-state index is -1.13. The van der Waals surface area contributed by atoms with Crippen LogP contribution < -0.4 is 5.32 Å². The molecule has 1 aliphatic carbocycles. The smallest absolute Gasteiger partial charge is 0.354 e. The van der Waals surface area contributed by atoms with Gasteiger partial charge in [-0.2, -0.15) is 0 Å². The van der Waals surface area contributed by atoms with Crippen LogP contribution in [0.4, 0.5) is 0 Å². The molecule has 0 atom stereocenters. The maximum absolute atomic E-state index is 10.6. The van der Waals surface area contributed by atoms with Gasteiger partial charge in [-0.25, -0.2) is 4.79 Å². The van der Waals surface area contributed by atoms with Crippen LogP contribution in [0.2, 0.25) is 0 Å². The summed E-state index contributed by atoms with van der Waals surface area (Å²) in [5, 5.41) is 19.0. The van der Waals surface area contributed by atoms with Crippen LogP contribution in [0.15, 0.2) is 11.3 Å². The maximum Gasteiger partial charge on any atom is 0.354 e. The van der Waals surface area contributed by atoms with Crippen LogP contribution in [0.5, 0.6) is 0 Å². The molecule has 4 nitrogen and oxygen atoms in total. The van der Waals surface area contributed by atoms with Gasteiger partial charge in [-0.1, -0.05) is 0 Å². The molecule has 0 bridgehead atoms. The Morgan fingerprint density at radius 1 is 1.46 bits per heavy atom. The number of carboxylic acids is 1. The number of carbonyl (C=O) groups is 1. The lowest BCUT2D eigenvalue weighted by atomic mass is 9.93. The third-order valence-corrected chi connectivity index (χ3v) is 2.29. The molecule has 72 valence electrons. The second kappa shape index (κ2) is 4.07. The van der Waals surface area contributed by atoms with E-state index in [9.17, 15) is 4.79 Å². The first kappa shape index (κ1) is 9.77. The Morgan fingerprint density at radius 3 is 2.62 bits per heavy atom. The van der Waals surface area contributed by atoms with Crippen molar-refractivity contribution in [3.05, 3.63) is 11.3 Å². The minimum absolute atomic E-state index is 0.260. The van der Waals surface area contributed by atoms with Crippen LogP contribution in [0.1, 0.15) is 25.7 Å². The molecule has 0 radical (unpaired) electrons. The molecule has 0 saturated carbocycles. The number of carboxylic acid groups (broad SMARTS) is 1. The normalized spacial score (nSPS) is 17.0. The third-order valence-electron chi connectivity index (χ3n) is 2.29. The van der Waals surface area contributed by atoms with Crippen molar-refractivity contribution in [2.45, 2.75) is 25.7 Å². The summed E-state index contributed by atoms with van der Waals surface area (Å²) in [6, 6.07) is 0. The molecule has 0 amide bonds. The summed E-state index contributed by atoms with van der Waals surface area (Å²) >= 11 is 0. The fraction of sp³-hybridized carbons (Fsp3) is 0.556. The van der Waals surface area contributed by atoms with E-state index in [0.29, 0.717) is 12.0 Å². The summed E-state index contributed by atoms with van der Waals surface area (Å²) in [4.78, 5) is 10.6. The van der Waals surface area contributed by atoms with Crippen molar-refractivity contribution in [2.75, 3.05) is 7.05 Å². The van der Waals surface area contributed by atoms with Gasteiger partial charge in [0.1, 0.15) is 5.71 Å². The highest BCUT2D eigenvalue weighted by atomic mass is 16.4. The van der Waals surface area contributed by atoms with E-state index in [1.807, 2.05) is 0 Å². The summed E-state index contributed by atoms with van der Waals surface area (Å²) < 4.78 is 0. The molecule has 0 spiro atoms. The van der Waals surface area contributed by atoms with Crippen LogP contribution in [0.3, 0.4) is 0 Å². The highest BCUT2D eigenvalue weighted by molar-refractivity contribution is 6.41. The minimum Gasteiger partial charge on any atom is -0.477 e. The van der Waals surface area contributed by atoms with E-state index in [1.54, 1.807) is 7.05 Å². The van der Waals surface area contributed by atoms with E-state index in [2.05, 4.69) is 5.32 Å². The van der Waals surface area contributed by atoms with Gasteiger partial charge in [-0.05, 0) is 25.7 Å². The van der Waals surface area contributed by atoms with Gasteiger partial charge in [0, 0.05) is 18.3 Å². The van der Waals surface area contributed by atoms with Crippen molar-refractivity contribution < 1.29 is 9.90 Å². The predicted molar refractivity (Wildman–Crippen MR) is 49.9 cm³/mol. The van der Waals surface area contributed by atoms with Gasteiger partial charge >= 0.3 is 5.97 Å². The molecule has 3 N–H and O–H groups in total. The van der Waals surface area contributed by atoms with Crippen molar-refractivity contribution in [3.63, 3.8) is 0 Å². The van der Waals surface area contributed by atoms with Crippen molar-refractivity contribution >= 4 is 11.7 Å². The molecule has 0 unspecified atom stereocenters. The lowest BCUT2D eigenvalue weighted by Gasteiger charge is -2.18. The molecular formula is C9H14N2O2. The van der Waals surface area contributed by atoms with E-state index in [-0.39, 0.29) is 5.71 Å². The predicted octanol–water partition coefficient (Wildman–Crippen LogP) is 1.14. The quantitative estimate of drug-likeness (QED) is 0.573. The Bertz CT molecular complexity index is 269. The molecule has 0 aliphatic heterocycles. The van der Waals surface area contributed by atoms with E-state index >= 15 is 0 Å². The van der Waals surface area contributed by atoms with Crippen molar-refractivity contribution in [2.24, 2.45) is 0 Å². The summed E-state index contributed by atoms with van der Waals surface area (Å²) in [5.74, 6) is -1.13. The monoisotopic (exact) mass is 182 g/mol. The summed E-state index contributed by atoms with van der Waals surface area (Å²) in [7, 11) is 1.77. The van der Waals surface area contributed by atoms with E-state index in [0.717, 1.165) is 25.0 Å². The third kappa shape index (κ3) is 2.08. The van der Waals surface area contributed by atoms with Gasteiger partial charge in [0.05, 0.1) is 0 Å². The number of aliphatic carboxylic acids is 1. The zero-order valence-electron chi connectivity index (χ0n) is 7.68. The van der Waals surface area contributed by atoms with Gasteiger partial charge in [0.15, 0.2) is 0 Å². The highest BCUT2D eigenvalue weighted by Crippen LogP contribution is 2.23. The van der Waals surface area contributed by atoms with Crippen LogP contribution in [-0.4, -0.2) is 23.8 Å². The summed E-state index contributed by atoms with van der Waals surface area (Å²) in [5.41, 5.74) is 1.32. The van der Waals surface area contributed by atoms with E-state index in [1.165, 1.54) is 0 Å². The largest absolute Gasteiger partial charge is 0.477 e. The van der Waals surface area contributed by atoms with Crippen LogP contribution >= 0.6 is 0 Å². The number of rotatable bonds is 3. The first-order valence-corrected chi connectivity index (χ1v) is 4.38. The zero-order valence-corrected chi connectivity index (χ0v) is 7.68. The van der Waals surface area contributed by atoms with Gasteiger partial charge < -0.3 is 10.4 Å². The first-order valence-electron chi connectivity index (χ1n) is 4.38. The molecule has 0 aromatic rings. The fourth-order valence-corrected chi connectivity index (χ4v) is 1.59. The molecule has 1 rings (SSSR count). The maximum atomic E-state index is 10.6. The molecule has 13 heavy (non-hydrogen) atoms. The Hall–Kier alpha value is -1.32. The number of allylic oxidation sites excluding steroid dienone is 1. The van der Waals surface area contributed by atoms with Crippen LogP contribution in [0.25, 0.3) is 0 Å². The van der Waals surface area contributed by atoms with Gasteiger partial charge in [-0.15, -0.1) is 0 Å². The van der Waals surface area contributed by atoms with Crippen molar-refractivity contribution in [3.8, 4) is 0 Å². The Balaban J connectivity index is 2.90. The second-order valence-corrected chi connectivity index (χ2v) is 3.09. The molecule has 0 saturated heterocycles. The second-order valence-electron chi connectivity index (χ2n) is 3.09. The number of nitrogens with one attached hydrogen (secondary N) is 2. The first-order chi connectivity index (χ1) is 6.16. The molecule has 0 aromatic carbocycles. The molecule has 4 heteroatoms.